The number of carbonyl (C=O) groups is 1. The predicted octanol–water partition coefficient (Wildman–Crippen LogP) is 0.966. The average molecular weight is 181 g/mol. The van der Waals surface area contributed by atoms with E-state index in [-0.39, 0.29) is 5.97 Å². The van der Waals surface area contributed by atoms with E-state index in [4.69, 9.17) is 0 Å². The summed E-state index contributed by atoms with van der Waals surface area (Å²) in [5, 5.41) is 1.14. The second-order valence-electron chi connectivity index (χ2n) is 2.18. The SMILES string of the molecule is COC(=O)C=[PH+]c1ccccc1. The number of carbonyl (C=O) groups excluding carboxylic acids is 1. The number of ether oxygens (including phenoxy) is 1. The van der Waals surface area contributed by atoms with Gasteiger partial charge in [-0.05, 0) is 12.1 Å². The molecule has 0 aromatic heterocycles. The Morgan fingerprint density at radius 1 is 1.42 bits per heavy atom. The second kappa shape index (κ2) is 4.68. The highest BCUT2D eigenvalue weighted by Gasteiger charge is 1.99. The van der Waals surface area contributed by atoms with Gasteiger partial charge in [0.25, 0.3) is 0 Å². The smallest absolute Gasteiger partial charge is 0.373 e. The summed E-state index contributed by atoms with van der Waals surface area (Å²) in [6, 6.07) is 9.82. The van der Waals surface area contributed by atoms with Crippen LogP contribution in [0.1, 0.15) is 0 Å². The molecule has 0 radical (unpaired) electrons. The van der Waals surface area contributed by atoms with E-state index in [1.807, 2.05) is 30.3 Å². The first-order valence-corrected chi connectivity index (χ1v) is 4.63. The zero-order chi connectivity index (χ0) is 8.81. The van der Waals surface area contributed by atoms with Crippen molar-refractivity contribution < 1.29 is 9.53 Å². The predicted molar refractivity (Wildman–Crippen MR) is 52.5 cm³/mol. The number of hydrogen-bond acceptors (Lipinski definition) is 2. The van der Waals surface area contributed by atoms with Gasteiger partial charge in [0, 0.05) is 0 Å². The van der Waals surface area contributed by atoms with Gasteiger partial charge in [-0.15, -0.1) is 0 Å². The lowest BCUT2D eigenvalue weighted by Crippen LogP contribution is -2.00. The summed E-state index contributed by atoms with van der Waals surface area (Å²) < 4.78 is 4.48. The van der Waals surface area contributed by atoms with Gasteiger partial charge in [-0.2, -0.15) is 0 Å². The van der Waals surface area contributed by atoms with Crippen molar-refractivity contribution in [2.24, 2.45) is 0 Å². The van der Waals surface area contributed by atoms with Gasteiger partial charge in [0.1, 0.15) is 13.5 Å². The number of benzene rings is 1. The van der Waals surface area contributed by atoms with Crippen molar-refractivity contribution in [1.29, 1.82) is 0 Å². The maximum atomic E-state index is 10.7. The average Bonchev–Trinajstić information content (AvgIpc) is 2.16. The van der Waals surface area contributed by atoms with E-state index >= 15 is 0 Å². The van der Waals surface area contributed by atoms with Crippen LogP contribution in [0.4, 0.5) is 0 Å². The van der Waals surface area contributed by atoms with Gasteiger partial charge in [-0.25, -0.2) is 4.79 Å². The molecule has 1 rings (SSSR count). The van der Waals surface area contributed by atoms with E-state index in [2.05, 4.69) is 4.74 Å². The van der Waals surface area contributed by atoms with Gasteiger partial charge in [0.15, 0.2) is 5.80 Å². The van der Waals surface area contributed by atoms with Gasteiger partial charge >= 0.3 is 5.97 Å². The Balaban J connectivity index is 2.64. The Morgan fingerprint density at radius 2 is 2.08 bits per heavy atom. The van der Waals surface area contributed by atoms with Crippen LogP contribution in [0.3, 0.4) is 0 Å². The molecule has 0 N–H and O–H groups in total. The van der Waals surface area contributed by atoms with E-state index in [0.29, 0.717) is 8.20 Å². The Kier molecular flexibility index (Phi) is 3.49. The summed E-state index contributed by atoms with van der Waals surface area (Å²) >= 11 is 0. The topological polar surface area (TPSA) is 26.3 Å². The van der Waals surface area contributed by atoms with Gasteiger partial charge in [0.05, 0.1) is 7.11 Å². The monoisotopic (exact) mass is 181 g/mol. The summed E-state index contributed by atoms with van der Waals surface area (Å²) in [4.78, 5) is 10.7. The summed E-state index contributed by atoms with van der Waals surface area (Å²) in [6.45, 7) is 0. The van der Waals surface area contributed by atoms with Crippen molar-refractivity contribution in [3.8, 4) is 0 Å². The third kappa shape index (κ3) is 2.85. The third-order valence-corrected chi connectivity index (χ3v) is 2.38. The summed E-state index contributed by atoms with van der Waals surface area (Å²) in [6.07, 6.45) is 0. The van der Waals surface area contributed by atoms with Crippen molar-refractivity contribution in [2.75, 3.05) is 7.11 Å². The Morgan fingerprint density at radius 3 is 2.67 bits per heavy atom. The molecule has 0 saturated carbocycles. The summed E-state index contributed by atoms with van der Waals surface area (Å²) in [5.74, 6) is 1.28. The molecule has 0 heterocycles. The van der Waals surface area contributed by atoms with Gasteiger partial charge in [-0.3, -0.25) is 0 Å². The fraction of sp³-hybridized carbons (Fsp3) is 0.111. The molecule has 0 saturated heterocycles. The maximum absolute atomic E-state index is 10.7. The molecule has 0 amide bonds. The standard InChI is InChI=1S/C9H9O2P/c1-11-9(10)7-12-8-5-3-2-4-6-8/h2-7H,1H3/p+1. The van der Waals surface area contributed by atoms with Crippen LogP contribution in [0.2, 0.25) is 0 Å². The highest BCUT2D eigenvalue weighted by molar-refractivity contribution is 7.49. The Labute approximate surface area is 73.0 Å². The molecular formula is C9H10O2P+. The van der Waals surface area contributed by atoms with Crippen LogP contribution >= 0.6 is 8.20 Å². The molecule has 0 aliphatic carbocycles. The molecule has 0 fully saturated rings. The lowest BCUT2D eigenvalue weighted by Gasteiger charge is -1.83. The van der Waals surface area contributed by atoms with Crippen LogP contribution in [-0.4, -0.2) is 18.9 Å². The Hall–Kier alpha value is -1.14. The van der Waals surface area contributed by atoms with Crippen LogP contribution in [0.25, 0.3) is 0 Å². The van der Waals surface area contributed by atoms with Crippen LogP contribution in [0.5, 0.6) is 0 Å². The first-order chi connectivity index (χ1) is 5.83. The molecule has 1 aromatic rings. The molecule has 1 atom stereocenters. The molecule has 2 nitrogen and oxygen atoms in total. The molecular weight excluding hydrogens is 171 g/mol. The molecule has 0 spiro atoms. The molecule has 12 heavy (non-hydrogen) atoms. The van der Waals surface area contributed by atoms with E-state index < -0.39 is 0 Å². The second-order valence-corrected chi connectivity index (χ2v) is 3.33. The number of rotatable bonds is 2. The minimum atomic E-state index is -0.266. The van der Waals surface area contributed by atoms with Crippen molar-refractivity contribution in [2.45, 2.75) is 0 Å². The van der Waals surface area contributed by atoms with Crippen LogP contribution in [0.15, 0.2) is 30.3 Å². The summed E-state index contributed by atoms with van der Waals surface area (Å²) in [7, 11) is 1.78. The van der Waals surface area contributed by atoms with Crippen LogP contribution in [0, 0.1) is 0 Å². The summed E-state index contributed by atoms with van der Waals surface area (Å²) in [5.41, 5.74) is 0. The van der Waals surface area contributed by atoms with Crippen LogP contribution < -0.4 is 5.30 Å². The van der Waals surface area contributed by atoms with Gasteiger partial charge < -0.3 is 4.74 Å². The van der Waals surface area contributed by atoms with E-state index in [0.717, 1.165) is 5.30 Å². The highest BCUT2D eigenvalue weighted by Crippen LogP contribution is 1.95. The van der Waals surface area contributed by atoms with E-state index in [9.17, 15) is 4.79 Å². The van der Waals surface area contributed by atoms with Gasteiger partial charge in [-0.1, -0.05) is 18.2 Å². The molecule has 0 bridgehead atoms. The fourth-order valence-corrected chi connectivity index (χ4v) is 1.52. The molecule has 62 valence electrons. The zero-order valence-corrected chi connectivity index (χ0v) is 7.78. The lowest BCUT2D eigenvalue weighted by atomic mass is 10.4. The quantitative estimate of drug-likeness (QED) is 0.502. The Bertz CT molecular complexity index is 280. The van der Waals surface area contributed by atoms with E-state index in [1.165, 1.54) is 7.11 Å². The molecule has 0 aliphatic rings. The van der Waals surface area contributed by atoms with Crippen molar-refractivity contribution in [3.05, 3.63) is 30.3 Å². The first-order valence-electron chi connectivity index (χ1n) is 3.55. The van der Waals surface area contributed by atoms with Crippen molar-refractivity contribution in [3.63, 3.8) is 0 Å². The minimum Gasteiger partial charge on any atom is -0.463 e. The normalized spacial score (nSPS) is 10.1. The molecule has 0 aliphatic heterocycles. The largest absolute Gasteiger partial charge is 0.463 e. The lowest BCUT2D eigenvalue weighted by molar-refractivity contribution is -0.131. The number of hydrogen-bond donors (Lipinski definition) is 0. The molecule has 1 aromatic carbocycles. The molecule has 1 unspecified atom stereocenters. The number of esters is 1. The molecule has 3 heteroatoms. The maximum Gasteiger partial charge on any atom is 0.373 e. The first kappa shape index (κ1) is 8.95. The van der Waals surface area contributed by atoms with Crippen molar-refractivity contribution in [1.82, 2.24) is 0 Å². The zero-order valence-electron chi connectivity index (χ0n) is 6.78. The van der Waals surface area contributed by atoms with Crippen LogP contribution in [-0.2, 0) is 9.53 Å². The highest BCUT2D eigenvalue weighted by atomic mass is 31.1. The fourth-order valence-electron chi connectivity index (χ4n) is 0.736. The van der Waals surface area contributed by atoms with Gasteiger partial charge in [0.2, 0.25) is 0 Å². The third-order valence-electron chi connectivity index (χ3n) is 1.33. The van der Waals surface area contributed by atoms with Crippen molar-refractivity contribution >= 4 is 25.3 Å². The number of methoxy groups -OCH3 is 1. The minimum absolute atomic E-state index is 0.266. The van der Waals surface area contributed by atoms with E-state index in [1.54, 1.807) is 5.80 Å².